The maximum absolute atomic E-state index is 6.40. The average Bonchev–Trinajstić information content (AvgIpc) is 3.12. The molecule has 1 aliphatic heterocycles. The predicted octanol–water partition coefficient (Wildman–Crippen LogP) is 2.91. The minimum Gasteiger partial charge on any atom is -0.324 e. The van der Waals surface area contributed by atoms with Crippen molar-refractivity contribution in [3.63, 3.8) is 0 Å². The fourth-order valence-corrected chi connectivity index (χ4v) is 3.76. The van der Waals surface area contributed by atoms with Crippen molar-refractivity contribution in [2.24, 2.45) is 5.73 Å². The van der Waals surface area contributed by atoms with Crippen molar-refractivity contribution in [3.05, 3.63) is 41.7 Å². The molecule has 1 fully saturated rings. The molecule has 6 nitrogen and oxygen atoms in total. The highest BCUT2D eigenvalue weighted by atomic mass is 15.6. The van der Waals surface area contributed by atoms with Crippen LogP contribution in [0.2, 0.25) is 0 Å². The van der Waals surface area contributed by atoms with Gasteiger partial charge in [-0.2, -0.15) is 0 Å². The van der Waals surface area contributed by atoms with Gasteiger partial charge in [0.1, 0.15) is 0 Å². The molecule has 0 radical (unpaired) electrons. The molecule has 136 valence electrons. The number of hydrogen-bond acceptors (Lipinski definition) is 5. The first kappa shape index (κ1) is 18.0. The van der Waals surface area contributed by atoms with Crippen LogP contribution < -0.4 is 5.73 Å². The lowest BCUT2D eigenvalue weighted by molar-refractivity contribution is 0.127. The van der Waals surface area contributed by atoms with Crippen LogP contribution in [0.15, 0.2) is 30.3 Å². The zero-order valence-corrected chi connectivity index (χ0v) is 15.5. The van der Waals surface area contributed by atoms with Crippen molar-refractivity contribution in [2.45, 2.75) is 64.1 Å². The van der Waals surface area contributed by atoms with Crippen LogP contribution in [0.25, 0.3) is 0 Å². The molecule has 2 N–H and O–H groups in total. The summed E-state index contributed by atoms with van der Waals surface area (Å²) in [5, 5.41) is 12.3. The van der Waals surface area contributed by atoms with Crippen molar-refractivity contribution in [1.82, 2.24) is 25.1 Å². The molecule has 0 amide bonds. The van der Waals surface area contributed by atoms with Gasteiger partial charge in [0.05, 0.1) is 6.04 Å². The van der Waals surface area contributed by atoms with Crippen LogP contribution in [0.5, 0.6) is 0 Å². The third kappa shape index (κ3) is 4.25. The number of nitrogens with zero attached hydrogens (tertiary/aromatic N) is 5. The Hall–Kier alpha value is -1.79. The predicted molar refractivity (Wildman–Crippen MR) is 99.2 cm³/mol. The summed E-state index contributed by atoms with van der Waals surface area (Å²) in [6.45, 7) is 8.73. The average molecular weight is 342 g/mol. The van der Waals surface area contributed by atoms with Crippen LogP contribution >= 0.6 is 0 Å². The number of piperidine rings is 1. The van der Waals surface area contributed by atoms with E-state index in [1.807, 2.05) is 10.7 Å². The van der Waals surface area contributed by atoms with Gasteiger partial charge in [0.2, 0.25) is 0 Å². The summed E-state index contributed by atoms with van der Waals surface area (Å²) < 4.78 is 2.04. The second-order valence-corrected chi connectivity index (χ2v) is 7.51. The van der Waals surface area contributed by atoms with E-state index in [1.165, 1.54) is 5.56 Å². The smallest absolute Gasteiger partial charge is 0.154 e. The number of likely N-dealkylation sites (tertiary alicyclic amines) is 1. The first-order valence-electron chi connectivity index (χ1n) is 9.38. The van der Waals surface area contributed by atoms with Gasteiger partial charge in [-0.3, -0.25) is 0 Å². The van der Waals surface area contributed by atoms with Gasteiger partial charge in [0.15, 0.2) is 5.82 Å². The standard InChI is InChI=1S/C19H30N6/c1-14(2)19-21-22-23-25(19)17-9-11-24(12-10-17)15(3)13-18(20)16-7-5-4-6-8-16/h4-8,14-15,17-18H,9-13,20H2,1-3H3/t15?,18-/m0/s1. The Morgan fingerprint density at radius 1 is 1.12 bits per heavy atom. The lowest BCUT2D eigenvalue weighted by Crippen LogP contribution is -2.42. The van der Waals surface area contributed by atoms with Gasteiger partial charge in [0, 0.05) is 31.1 Å². The second-order valence-electron chi connectivity index (χ2n) is 7.51. The van der Waals surface area contributed by atoms with E-state index in [2.05, 4.69) is 65.5 Å². The molecule has 1 aliphatic rings. The lowest BCUT2D eigenvalue weighted by Gasteiger charge is -2.37. The zero-order valence-electron chi connectivity index (χ0n) is 15.5. The summed E-state index contributed by atoms with van der Waals surface area (Å²) in [6, 6.07) is 11.4. The van der Waals surface area contributed by atoms with Gasteiger partial charge in [0.25, 0.3) is 0 Å². The highest BCUT2D eigenvalue weighted by Crippen LogP contribution is 2.27. The fourth-order valence-electron chi connectivity index (χ4n) is 3.76. The van der Waals surface area contributed by atoms with Gasteiger partial charge in [-0.1, -0.05) is 44.2 Å². The van der Waals surface area contributed by atoms with Gasteiger partial charge in [-0.25, -0.2) is 4.68 Å². The van der Waals surface area contributed by atoms with E-state index in [1.54, 1.807) is 0 Å². The van der Waals surface area contributed by atoms with E-state index in [9.17, 15) is 0 Å². The van der Waals surface area contributed by atoms with E-state index in [4.69, 9.17) is 5.73 Å². The Morgan fingerprint density at radius 2 is 1.80 bits per heavy atom. The molecule has 0 bridgehead atoms. The molecule has 3 rings (SSSR count). The van der Waals surface area contributed by atoms with Crippen LogP contribution in [-0.4, -0.2) is 44.2 Å². The third-order valence-corrected chi connectivity index (χ3v) is 5.33. The molecule has 1 aromatic heterocycles. The molecular weight excluding hydrogens is 312 g/mol. The number of aromatic nitrogens is 4. The summed E-state index contributed by atoms with van der Waals surface area (Å²) in [4.78, 5) is 2.55. The summed E-state index contributed by atoms with van der Waals surface area (Å²) in [5.74, 6) is 1.36. The third-order valence-electron chi connectivity index (χ3n) is 5.33. The topological polar surface area (TPSA) is 72.9 Å². The Kier molecular flexibility index (Phi) is 5.81. The van der Waals surface area contributed by atoms with E-state index in [-0.39, 0.29) is 6.04 Å². The summed E-state index contributed by atoms with van der Waals surface area (Å²) in [6.07, 6.45) is 3.17. The number of tetrazole rings is 1. The molecular formula is C19H30N6. The number of benzene rings is 1. The summed E-state index contributed by atoms with van der Waals surface area (Å²) in [7, 11) is 0. The quantitative estimate of drug-likeness (QED) is 0.874. The first-order chi connectivity index (χ1) is 12.1. The van der Waals surface area contributed by atoms with E-state index >= 15 is 0 Å². The Labute approximate surface area is 150 Å². The summed E-state index contributed by atoms with van der Waals surface area (Å²) >= 11 is 0. The fraction of sp³-hybridized carbons (Fsp3) is 0.632. The van der Waals surface area contributed by atoms with Gasteiger partial charge < -0.3 is 10.6 Å². The zero-order chi connectivity index (χ0) is 17.8. The molecule has 2 atom stereocenters. The van der Waals surface area contributed by atoms with Crippen molar-refractivity contribution >= 4 is 0 Å². The van der Waals surface area contributed by atoms with Gasteiger partial charge in [-0.15, -0.1) is 5.10 Å². The van der Waals surface area contributed by atoms with Crippen molar-refractivity contribution < 1.29 is 0 Å². The highest BCUT2D eigenvalue weighted by Gasteiger charge is 2.27. The van der Waals surface area contributed by atoms with E-state index in [0.717, 1.165) is 38.2 Å². The van der Waals surface area contributed by atoms with E-state index in [0.29, 0.717) is 18.0 Å². The Bertz CT molecular complexity index is 645. The van der Waals surface area contributed by atoms with Crippen LogP contribution in [0.3, 0.4) is 0 Å². The highest BCUT2D eigenvalue weighted by molar-refractivity contribution is 5.18. The van der Waals surface area contributed by atoms with Crippen molar-refractivity contribution in [1.29, 1.82) is 0 Å². The molecule has 6 heteroatoms. The summed E-state index contributed by atoms with van der Waals surface area (Å²) in [5.41, 5.74) is 7.62. The molecule has 1 unspecified atom stereocenters. The van der Waals surface area contributed by atoms with Crippen molar-refractivity contribution in [3.8, 4) is 0 Å². The Balaban J connectivity index is 1.54. The van der Waals surface area contributed by atoms with Gasteiger partial charge >= 0.3 is 0 Å². The largest absolute Gasteiger partial charge is 0.324 e. The molecule has 25 heavy (non-hydrogen) atoms. The second kappa shape index (κ2) is 8.06. The molecule has 1 aromatic carbocycles. The first-order valence-corrected chi connectivity index (χ1v) is 9.38. The van der Waals surface area contributed by atoms with Crippen molar-refractivity contribution in [2.75, 3.05) is 13.1 Å². The minimum atomic E-state index is 0.0981. The molecule has 1 saturated heterocycles. The number of rotatable bonds is 6. The molecule has 0 saturated carbocycles. The number of hydrogen-bond donors (Lipinski definition) is 1. The Morgan fingerprint density at radius 3 is 2.44 bits per heavy atom. The molecule has 2 heterocycles. The van der Waals surface area contributed by atoms with E-state index < -0.39 is 0 Å². The van der Waals surface area contributed by atoms with Gasteiger partial charge in [-0.05, 0) is 42.2 Å². The van der Waals surface area contributed by atoms with Crippen LogP contribution in [0, 0.1) is 0 Å². The lowest BCUT2D eigenvalue weighted by atomic mass is 9.97. The van der Waals surface area contributed by atoms with Crippen LogP contribution in [-0.2, 0) is 0 Å². The minimum absolute atomic E-state index is 0.0981. The molecule has 0 aliphatic carbocycles. The van der Waals surface area contributed by atoms with Crippen LogP contribution in [0.4, 0.5) is 0 Å². The maximum Gasteiger partial charge on any atom is 0.154 e. The SMILES string of the molecule is CC(C)c1nnnn1C1CCN(C(C)C[C@H](N)c2ccccc2)CC1. The normalized spacial score (nSPS) is 19.2. The molecule has 2 aromatic rings. The monoisotopic (exact) mass is 342 g/mol. The number of nitrogens with two attached hydrogens (primary N) is 1. The molecule has 0 spiro atoms. The maximum atomic E-state index is 6.40. The van der Waals surface area contributed by atoms with Crippen LogP contribution in [0.1, 0.15) is 69.4 Å².